The molecule has 1 heterocycles. The molecular weight excluding hydrogens is 193 g/mol. The Morgan fingerprint density at radius 3 is 3.07 bits per heavy atom. The van der Waals surface area contributed by atoms with Crippen molar-refractivity contribution in [2.45, 2.75) is 26.2 Å². The SMILES string of the molecule is CCCC(=O)N1CCc2cccc(F)c21. The molecule has 0 bridgehead atoms. The van der Waals surface area contributed by atoms with Gasteiger partial charge in [-0.05, 0) is 24.5 Å². The second kappa shape index (κ2) is 4.01. The zero-order valence-electron chi connectivity index (χ0n) is 8.79. The molecule has 0 saturated carbocycles. The van der Waals surface area contributed by atoms with Crippen molar-refractivity contribution in [3.63, 3.8) is 0 Å². The van der Waals surface area contributed by atoms with E-state index in [9.17, 15) is 9.18 Å². The molecule has 0 spiro atoms. The van der Waals surface area contributed by atoms with Gasteiger partial charge in [0.2, 0.25) is 5.91 Å². The molecule has 0 unspecified atom stereocenters. The lowest BCUT2D eigenvalue weighted by Crippen LogP contribution is -2.29. The average Bonchev–Trinajstić information content (AvgIpc) is 2.63. The molecule has 0 atom stereocenters. The average molecular weight is 207 g/mol. The van der Waals surface area contributed by atoms with Crippen molar-refractivity contribution in [1.82, 2.24) is 0 Å². The normalized spacial score (nSPS) is 14.1. The molecule has 1 aliphatic rings. The van der Waals surface area contributed by atoms with Gasteiger partial charge in [0.05, 0.1) is 5.69 Å². The molecule has 0 aliphatic carbocycles. The number of rotatable bonds is 2. The quantitative estimate of drug-likeness (QED) is 0.729. The summed E-state index contributed by atoms with van der Waals surface area (Å²) >= 11 is 0. The number of para-hydroxylation sites is 1. The first kappa shape index (κ1) is 10.1. The molecule has 3 heteroatoms. The Balaban J connectivity index is 2.31. The zero-order valence-corrected chi connectivity index (χ0v) is 8.79. The molecule has 1 aromatic rings. The first-order valence-corrected chi connectivity index (χ1v) is 5.31. The van der Waals surface area contributed by atoms with Crippen LogP contribution in [-0.4, -0.2) is 12.5 Å². The number of carbonyl (C=O) groups is 1. The van der Waals surface area contributed by atoms with Gasteiger partial charge in [0.15, 0.2) is 0 Å². The van der Waals surface area contributed by atoms with Gasteiger partial charge in [0.25, 0.3) is 0 Å². The van der Waals surface area contributed by atoms with Crippen molar-refractivity contribution in [2.75, 3.05) is 11.4 Å². The molecule has 0 aromatic heterocycles. The summed E-state index contributed by atoms with van der Waals surface area (Å²) in [6, 6.07) is 5.00. The van der Waals surface area contributed by atoms with E-state index in [1.54, 1.807) is 11.0 Å². The maximum atomic E-state index is 13.5. The van der Waals surface area contributed by atoms with E-state index >= 15 is 0 Å². The van der Waals surface area contributed by atoms with Crippen LogP contribution >= 0.6 is 0 Å². The highest BCUT2D eigenvalue weighted by molar-refractivity contribution is 5.95. The molecule has 0 saturated heterocycles. The van der Waals surface area contributed by atoms with E-state index in [0.29, 0.717) is 18.7 Å². The largest absolute Gasteiger partial charge is 0.309 e. The van der Waals surface area contributed by atoms with Crippen molar-refractivity contribution in [1.29, 1.82) is 0 Å². The van der Waals surface area contributed by atoms with Crippen molar-refractivity contribution in [3.8, 4) is 0 Å². The fraction of sp³-hybridized carbons (Fsp3) is 0.417. The lowest BCUT2D eigenvalue weighted by atomic mass is 10.1. The van der Waals surface area contributed by atoms with E-state index in [1.165, 1.54) is 6.07 Å². The Labute approximate surface area is 88.7 Å². The Morgan fingerprint density at radius 2 is 2.33 bits per heavy atom. The number of nitrogens with zero attached hydrogens (tertiary/aromatic N) is 1. The first-order valence-electron chi connectivity index (χ1n) is 5.31. The number of halogens is 1. The summed E-state index contributed by atoms with van der Waals surface area (Å²) in [5.41, 5.74) is 1.44. The minimum atomic E-state index is -0.283. The molecule has 2 nitrogen and oxygen atoms in total. The van der Waals surface area contributed by atoms with Crippen LogP contribution in [0.15, 0.2) is 18.2 Å². The Morgan fingerprint density at radius 1 is 1.53 bits per heavy atom. The number of hydrogen-bond donors (Lipinski definition) is 0. The van der Waals surface area contributed by atoms with Gasteiger partial charge in [0, 0.05) is 13.0 Å². The standard InChI is InChI=1S/C12H14FNO/c1-2-4-11(15)14-8-7-9-5-3-6-10(13)12(9)14/h3,5-6H,2,4,7-8H2,1H3. The minimum Gasteiger partial charge on any atom is -0.309 e. The third-order valence-corrected chi connectivity index (χ3v) is 2.71. The Kier molecular flexibility index (Phi) is 2.71. The Bertz CT molecular complexity index is 389. The van der Waals surface area contributed by atoms with Crippen LogP contribution in [0.3, 0.4) is 0 Å². The van der Waals surface area contributed by atoms with E-state index in [-0.39, 0.29) is 11.7 Å². The van der Waals surface area contributed by atoms with Crippen molar-refractivity contribution in [3.05, 3.63) is 29.6 Å². The van der Waals surface area contributed by atoms with Crippen LogP contribution in [0.1, 0.15) is 25.3 Å². The van der Waals surface area contributed by atoms with Gasteiger partial charge in [-0.1, -0.05) is 19.1 Å². The van der Waals surface area contributed by atoms with Crippen LogP contribution in [0, 0.1) is 5.82 Å². The third-order valence-electron chi connectivity index (χ3n) is 2.71. The van der Waals surface area contributed by atoms with Gasteiger partial charge < -0.3 is 4.90 Å². The van der Waals surface area contributed by atoms with E-state index in [2.05, 4.69) is 0 Å². The van der Waals surface area contributed by atoms with Gasteiger partial charge in [0.1, 0.15) is 5.82 Å². The lowest BCUT2D eigenvalue weighted by molar-refractivity contribution is -0.118. The van der Waals surface area contributed by atoms with Crippen LogP contribution in [0.2, 0.25) is 0 Å². The highest BCUT2D eigenvalue weighted by atomic mass is 19.1. The number of benzene rings is 1. The molecular formula is C12H14FNO. The maximum absolute atomic E-state index is 13.5. The number of hydrogen-bond acceptors (Lipinski definition) is 1. The van der Waals surface area contributed by atoms with Gasteiger partial charge in [-0.25, -0.2) is 4.39 Å². The summed E-state index contributed by atoms with van der Waals surface area (Å²) < 4.78 is 13.5. The highest BCUT2D eigenvalue weighted by Crippen LogP contribution is 2.31. The summed E-state index contributed by atoms with van der Waals surface area (Å²) in [5.74, 6) is -0.254. The molecule has 1 aliphatic heterocycles. The van der Waals surface area contributed by atoms with Crippen LogP contribution < -0.4 is 4.90 Å². The van der Waals surface area contributed by atoms with Gasteiger partial charge in [-0.3, -0.25) is 4.79 Å². The third kappa shape index (κ3) is 1.74. The molecule has 15 heavy (non-hydrogen) atoms. The number of carbonyl (C=O) groups excluding carboxylic acids is 1. The fourth-order valence-corrected chi connectivity index (χ4v) is 2.01. The topological polar surface area (TPSA) is 20.3 Å². The van der Waals surface area contributed by atoms with Crippen LogP contribution in [0.4, 0.5) is 10.1 Å². The number of anilines is 1. The maximum Gasteiger partial charge on any atom is 0.227 e. The smallest absolute Gasteiger partial charge is 0.227 e. The fourth-order valence-electron chi connectivity index (χ4n) is 2.01. The molecule has 0 N–H and O–H groups in total. The summed E-state index contributed by atoms with van der Waals surface area (Å²) in [7, 11) is 0. The van der Waals surface area contributed by atoms with Gasteiger partial charge in [-0.2, -0.15) is 0 Å². The summed E-state index contributed by atoms with van der Waals surface area (Å²) in [6.07, 6.45) is 2.06. The minimum absolute atomic E-state index is 0.0290. The van der Waals surface area contributed by atoms with E-state index in [0.717, 1.165) is 18.4 Å². The molecule has 1 amide bonds. The zero-order chi connectivity index (χ0) is 10.8. The van der Waals surface area contributed by atoms with E-state index < -0.39 is 0 Å². The van der Waals surface area contributed by atoms with Crippen molar-refractivity contribution >= 4 is 11.6 Å². The number of fused-ring (bicyclic) bond motifs is 1. The molecule has 1 aromatic carbocycles. The molecule has 80 valence electrons. The van der Waals surface area contributed by atoms with Gasteiger partial charge in [-0.15, -0.1) is 0 Å². The second-order valence-electron chi connectivity index (χ2n) is 3.79. The predicted molar refractivity (Wildman–Crippen MR) is 57.4 cm³/mol. The van der Waals surface area contributed by atoms with Crippen molar-refractivity contribution < 1.29 is 9.18 Å². The molecule has 0 radical (unpaired) electrons. The monoisotopic (exact) mass is 207 g/mol. The first-order chi connectivity index (χ1) is 7.24. The van der Waals surface area contributed by atoms with Gasteiger partial charge >= 0.3 is 0 Å². The van der Waals surface area contributed by atoms with E-state index in [4.69, 9.17) is 0 Å². The van der Waals surface area contributed by atoms with Crippen molar-refractivity contribution in [2.24, 2.45) is 0 Å². The van der Waals surface area contributed by atoms with Crippen LogP contribution in [0.5, 0.6) is 0 Å². The molecule has 0 fully saturated rings. The summed E-state index contributed by atoms with van der Waals surface area (Å²) in [5, 5.41) is 0. The van der Waals surface area contributed by atoms with Crippen LogP contribution in [0.25, 0.3) is 0 Å². The number of amides is 1. The van der Waals surface area contributed by atoms with E-state index in [1.807, 2.05) is 13.0 Å². The highest BCUT2D eigenvalue weighted by Gasteiger charge is 2.26. The summed E-state index contributed by atoms with van der Waals surface area (Å²) in [6.45, 7) is 2.57. The summed E-state index contributed by atoms with van der Waals surface area (Å²) in [4.78, 5) is 13.3. The second-order valence-corrected chi connectivity index (χ2v) is 3.79. The van der Waals surface area contributed by atoms with Crippen LogP contribution in [-0.2, 0) is 11.2 Å². The Hall–Kier alpha value is -1.38. The molecule has 2 rings (SSSR count). The lowest BCUT2D eigenvalue weighted by Gasteiger charge is -2.17. The predicted octanol–water partition coefficient (Wildman–Crippen LogP) is 2.51.